The minimum atomic E-state index is -0.641. The van der Waals surface area contributed by atoms with Crippen molar-refractivity contribution < 1.29 is 23.6 Å². The van der Waals surface area contributed by atoms with Gasteiger partial charge in [-0.05, 0) is 24.3 Å². The Balaban J connectivity index is 1.22. The maximum absolute atomic E-state index is 14.6. The lowest BCUT2D eigenvalue weighted by Gasteiger charge is -2.39. The van der Waals surface area contributed by atoms with E-state index in [-0.39, 0.29) is 24.1 Å². The maximum atomic E-state index is 14.6. The van der Waals surface area contributed by atoms with Gasteiger partial charge in [0.2, 0.25) is 0 Å². The third-order valence-corrected chi connectivity index (χ3v) is 6.75. The van der Waals surface area contributed by atoms with E-state index in [2.05, 4.69) is 4.90 Å². The van der Waals surface area contributed by atoms with E-state index in [1.54, 1.807) is 4.90 Å². The summed E-state index contributed by atoms with van der Waals surface area (Å²) in [5.41, 5.74) is 0.930. The summed E-state index contributed by atoms with van der Waals surface area (Å²) < 4.78 is 25.1. The molecule has 0 atom stereocenters. The average molecular weight is 487 g/mol. The number of halogens is 1. The monoisotopic (exact) mass is 486 g/mol. The number of piperidine rings is 1. The van der Waals surface area contributed by atoms with Crippen LogP contribution in [-0.4, -0.2) is 73.7 Å². The number of hydrogen-bond acceptors (Lipinski definition) is 7. The number of piperazine rings is 1. The summed E-state index contributed by atoms with van der Waals surface area (Å²) in [6, 6.07) is 12.0. The fourth-order valence-corrected chi connectivity index (χ4v) is 4.73. The zero-order valence-electron chi connectivity index (χ0n) is 19.9. The number of anilines is 1. The molecule has 0 aliphatic carbocycles. The van der Waals surface area contributed by atoms with E-state index in [0.717, 1.165) is 44.1 Å². The summed E-state index contributed by atoms with van der Waals surface area (Å²) in [6.07, 6.45) is 1.59. The highest BCUT2D eigenvalue weighted by atomic mass is 19.1. The Kier molecular flexibility index (Phi) is 8.02. The quantitative estimate of drug-likeness (QED) is 0.433. The first kappa shape index (κ1) is 24.7. The van der Waals surface area contributed by atoms with Crippen LogP contribution in [0, 0.1) is 21.8 Å². The number of amides is 1. The summed E-state index contributed by atoms with van der Waals surface area (Å²) in [5.74, 6) is -0.0590. The largest absolute Gasteiger partial charge is 0.490 e. The van der Waals surface area contributed by atoms with Crippen molar-refractivity contribution in [3.05, 3.63) is 64.0 Å². The lowest BCUT2D eigenvalue weighted by atomic mass is 9.96. The van der Waals surface area contributed by atoms with Gasteiger partial charge in [0.1, 0.15) is 6.61 Å². The van der Waals surface area contributed by atoms with E-state index in [9.17, 15) is 19.3 Å². The van der Waals surface area contributed by atoms with Gasteiger partial charge in [0.15, 0.2) is 11.6 Å². The van der Waals surface area contributed by atoms with Gasteiger partial charge in [-0.2, -0.15) is 0 Å². The smallest absolute Gasteiger partial charge is 0.410 e. The fourth-order valence-electron chi connectivity index (χ4n) is 4.73. The molecule has 0 saturated carbocycles. The van der Waals surface area contributed by atoms with Crippen molar-refractivity contribution in [2.45, 2.75) is 19.4 Å². The number of nitrogens with zero attached hydrogens (tertiary/aromatic N) is 4. The number of nitro benzene ring substituents is 1. The second-order valence-corrected chi connectivity index (χ2v) is 8.99. The van der Waals surface area contributed by atoms with Crippen molar-refractivity contribution in [2.75, 3.05) is 57.8 Å². The second kappa shape index (κ2) is 11.4. The molecule has 2 aromatic rings. The number of ether oxygens (including phenoxy) is 2. The van der Waals surface area contributed by atoms with Gasteiger partial charge in [0, 0.05) is 51.9 Å². The highest BCUT2D eigenvalue weighted by Gasteiger charge is 2.28. The van der Waals surface area contributed by atoms with Crippen LogP contribution < -0.4 is 9.64 Å². The number of carbonyl (C=O) groups excluding carboxylic acids is 1. The third-order valence-electron chi connectivity index (χ3n) is 6.75. The molecule has 188 valence electrons. The van der Waals surface area contributed by atoms with E-state index >= 15 is 0 Å². The third kappa shape index (κ3) is 6.19. The van der Waals surface area contributed by atoms with Gasteiger partial charge in [-0.1, -0.05) is 30.3 Å². The molecule has 2 aliphatic heterocycles. The van der Waals surface area contributed by atoms with Gasteiger partial charge in [0.05, 0.1) is 23.8 Å². The molecule has 9 nitrogen and oxygen atoms in total. The van der Waals surface area contributed by atoms with Crippen LogP contribution in [0.5, 0.6) is 5.75 Å². The van der Waals surface area contributed by atoms with E-state index in [0.29, 0.717) is 37.8 Å². The SMILES string of the molecule is COc1cc(N2CCN(CC3CCN(C(=O)OCc4ccccc4)CC3)CC2)c(F)cc1[N+](=O)[O-]. The number of likely N-dealkylation sites (tertiary alicyclic amines) is 1. The molecule has 1 amide bonds. The van der Waals surface area contributed by atoms with Crippen LogP contribution in [0.25, 0.3) is 0 Å². The van der Waals surface area contributed by atoms with Gasteiger partial charge in [-0.25, -0.2) is 9.18 Å². The van der Waals surface area contributed by atoms with E-state index < -0.39 is 10.7 Å². The van der Waals surface area contributed by atoms with Crippen LogP contribution in [0.2, 0.25) is 0 Å². The van der Waals surface area contributed by atoms with Crippen molar-refractivity contribution in [3.63, 3.8) is 0 Å². The molecule has 0 spiro atoms. The highest BCUT2D eigenvalue weighted by molar-refractivity contribution is 5.67. The molecule has 0 bridgehead atoms. The molecule has 10 heteroatoms. The number of methoxy groups -OCH3 is 1. The normalized spacial score (nSPS) is 17.3. The molecule has 35 heavy (non-hydrogen) atoms. The summed E-state index contributed by atoms with van der Waals surface area (Å²) in [6.45, 7) is 5.40. The maximum Gasteiger partial charge on any atom is 0.410 e. The molecule has 4 rings (SSSR count). The van der Waals surface area contributed by atoms with Crippen LogP contribution in [0.1, 0.15) is 18.4 Å². The van der Waals surface area contributed by atoms with Crippen LogP contribution >= 0.6 is 0 Å². The Labute approximate surface area is 204 Å². The van der Waals surface area contributed by atoms with Crippen LogP contribution in [0.4, 0.5) is 20.6 Å². The van der Waals surface area contributed by atoms with Gasteiger partial charge < -0.3 is 19.3 Å². The molecule has 0 radical (unpaired) electrons. The van der Waals surface area contributed by atoms with Crippen molar-refractivity contribution >= 4 is 17.5 Å². The van der Waals surface area contributed by atoms with Crippen LogP contribution in [0.15, 0.2) is 42.5 Å². The molecule has 2 heterocycles. The number of nitro groups is 1. The Morgan fingerprint density at radius 2 is 1.77 bits per heavy atom. The topological polar surface area (TPSA) is 88.4 Å². The summed E-state index contributed by atoms with van der Waals surface area (Å²) in [5, 5.41) is 11.1. The molecule has 0 aromatic heterocycles. The average Bonchev–Trinajstić information content (AvgIpc) is 2.88. The molecule has 0 N–H and O–H groups in total. The predicted octanol–water partition coefficient (Wildman–Crippen LogP) is 3.91. The Bertz CT molecular complexity index is 1020. The number of benzene rings is 2. The molecule has 2 aromatic carbocycles. The van der Waals surface area contributed by atoms with Crippen LogP contribution in [-0.2, 0) is 11.3 Å². The van der Waals surface area contributed by atoms with E-state index in [4.69, 9.17) is 9.47 Å². The molecule has 2 fully saturated rings. The van der Waals surface area contributed by atoms with E-state index in [1.807, 2.05) is 35.2 Å². The molecular formula is C25H31FN4O5. The summed E-state index contributed by atoms with van der Waals surface area (Å²) >= 11 is 0. The van der Waals surface area contributed by atoms with Crippen LogP contribution in [0.3, 0.4) is 0 Å². The first-order valence-corrected chi connectivity index (χ1v) is 11.9. The van der Waals surface area contributed by atoms with Crippen molar-refractivity contribution in [1.29, 1.82) is 0 Å². The van der Waals surface area contributed by atoms with Gasteiger partial charge >= 0.3 is 11.8 Å². The lowest BCUT2D eigenvalue weighted by molar-refractivity contribution is -0.385. The second-order valence-electron chi connectivity index (χ2n) is 8.99. The predicted molar refractivity (Wildman–Crippen MR) is 129 cm³/mol. The van der Waals surface area contributed by atoms with E-state index in [1.165, 1.54) is 13.2 Å². The van der Waals surface area contributed by atoms with Crippen molar-refractivity contribution in [1.82, 2.24) is 9.80 Å². The lowest BCUT2D eigenvalue weighted by Crippen LogP contribution is -2.49. The first-order valence-electron chi connectivity index (χ1n) is 11.9. The Morgan fingerprint density at radius 3 is 2.40 bits per heavy atom. The highest BCUT2D eigenvalue weighted by Crippen LogP contribution is 2.34. The Morgan fingerprint density at radius 1 is 1.09 bits per heavy atom. The molecule has 2 aliphatic rings. The number of rotatable bonds is 7. The molecule has 2 saturated heterocycles. The summed E-state index contributed by atoms with van der Waals surface area (Å²) in [7, 11) is 1.34. The zero-order valence-corrected chi connectivity index (χ0v) is 19.9. The zero-order chi connectivity index (χ0) is 24.8. The standard InChI is InChI=1S/C25H31FN4O5/c1-34-24-16-22(21(26)15-23(24)30(32)33)28-13-11-27(12-14-28)17-19-7-9-29(10-8-19)25(31)35-18-20-5-3-2-4-6-20/h2-6,15-16,19H,7-14,17-18H2,1H3. The van der Waals surface area contributed by atoms with Crippen molar-refractivity contribution in [2.24, 2.45) is 5.92 Å². The Hall–Kier alpha value is -3.40. The minimum absolute atomic E-state index is 0.0582. The van der Waals surface area contributed by atoms with Crippen molar-refractivity contribution in [3.8, 4) is 5.75 Å². The molecular weight excluding hydrogens is 455 g/mol. The van der Waals surface area contributed by atoms with Gasteiger partial charge in [-0.15, -0.1) is 0 Å². The first-order chi connectivity index (χ1) is 16.9. The number of carbonyl (C=O) groups is 1. The minimum Gasteiger partial charge on any atom is -0.490 e. The fraction of sp³-hybridized carbons (Fsp3) is 0.480. The van der Waals surface area contributed by atoms with Gasteiger partial charge in [0.25, 0.3) is 0 Å². The van der Waals surface area contributed by atoms with Gasteiger partial charge in [-0.3, -0.25) is 15.0 Å². The number of hydrogen-bond donors (Lipinski definition) is 0. The molecule has 0 unspecified atom stereocenters. The summed E-state index contributed by atoms with van der Waals surface area (Å²) in [4.78, 5) is 28.9.